The molecule has 0 bridgehead atoms. The van der Waals surface area contributed by atoms with Gasteiger partial charge in [-0.25, -0.2) is 18.0 Å². The molecule has 2 rings (SSSR count). The van der Waals surface area contributed by atoms with E-state index in [4.69, 9.17) is 5.11 Å². The number of carboxylic acids is 1. The van der Waals surface area contributed by atoms with E-state index < -0.39 is 33.7 Å². The fourth-order valence-electron chi connectivity index (χ4n) is 1.65. The molecule has 1 fully saturated rings. The minimum atomic E-state index is -3.08. The molecule has 1 saturated heterocycles. The van der Waals surface area contributed by atoms with Gasteiger partial charge in [-0.15, -0.1) is 5.10 Å². The quantitative estimate of drug-likeness (QED) is 0.545. The molecule has 1 aliphatic rings. The van der Waals surface area contributed by atoms with Gasteiger partial charge in [0.1, 0.15) is 0 Å². The maximum atomic E-state index is 11.5. The zero-order valence-corrected chi connectivity index (χ0v) is 10.4. The third-order valence-electron chi connectivity index (χ3n) is 2.48. The normalized spacial score (nSPS) is 20.9. The van der Waals surface area contributed by atoms with E-state index in [1.807, 2.05) is 0 Å². The summed E-state index contributed by atoms with van der Waals surface area (Å²) in [6, 6.07) is -1.14. The Morgan fingerprint density at radius 1 is 1.42 bits per heavy atom. The van der Waals surface area contributed by atoms with E-state index in [9.17, 15) is 18.0 Å². The molecule has 1 atom stereocenters. The Bertz CT molecular complexity index is 609. The van der Waals surface area contributed by atoms with Crippen LogP contribution >= 0.6 is 0 Å². The van der Waals surface area contributed by atoms with Crippen LogP contribution in [0.5, 0.6) is 0 Å². The van der Waals surface area contributed by atoms with Gasteiger partial charge in [0.25, 0.3) is 5.95 Å². The number of carbonyl (C=O) groups is 2. The van der Waals surface area contributed by atoms with Gasteiger partial charge in [-0.1, -0.05) is 0 Å². The number of urea groups is 1. The largest absolute Gasteiger partial charge is 0.475 e. The number of aromatic amines is 1. The molecule has 2 amide bonds. The van der Waals surface area contributed by atoms with Crippen molar-refractivity contribution in [2.75, 3.05) is 16.8 Å². The van der Waals surface area contributed by atoms with Gasteiger partial charge in [0.05, 0.1) is 11.5 Å². The van der Waals surface area contributed by atoms with Crippen molar-refractivity contribution in [3.8, 4) is 0 Å². The summed E-state index contributed by atoms with van der Waals surface area (Å²) in [4.78, 5) is 25.5. The Morgan fingerprint density at radius 3 is 2.68 bits per heavy atom. The smallest absolute Gasteiger partial charge is 0.373 e. The number of hydrogen-bond donors (Lipinski definition) is 4. The predicted molar refractivity (Wildman–Crippen MR) is 62.6 cm³/mol. The third-order valence-corrected chi connectivity index (χ3v) is 4.25. The summed E-state index contributed by atoms with van der Waals surface area (Å²) in [5.41, 5.74) is 0. The van der Waals surface area contributed by atoms with E-state index in [-0.39, 0.29) is 17.5 Å². The summed E-state index contributed by atoms with van der Waals surface area (Å²) in [5.74, 6) is -1.96. The Labute approximate surface area is 107 Å². The van der Waals surface area contributed by atoms with Crippen LogP contribution in [0.2, 0.25) is 0 Å². The molecule has 1 aromatic rings. The van der Waals surface area contributed by atoms with Crippen LogP contribution in [0.4, 0.5) is 10.7 Å². The number of aromatic nitrogens is 3. The monoisotopic (exact) mass is 289 g/mol. The average molecular weight is 289 g/mol. The molecule has 1 aliphatic heterocycles. The molecule has 4 N–H and O–H groups in total. The lowest BCUT2D eigenvalue weighted by molar-refractivity contribution is 0.0684. The SMILES string of the molecule is O=C(Nc1n[nH]c(C(=O)O)n1)N[C@@H]1CCS(=O)(=O)C1. The van der Waals surface area contributed by atoms with Gasteiger partial charge < -0.3 is 10.4 Å². The van der Waals surface area contributed by atoms with Crippen molar-refractivity contribution in [3.63, 3.8) is 0 Å². The van der Waals surface area contributed by atoms with Crippen molar-refractivity contribution in [2.45, 2.75) is 12.5 Å². The second-order valence-corrected chi connectivity index (χ2v) is 6.24. The summed E-state index contributed by atoms with van der Waals surface area (Å²) in [7, 11) is -3.08. The van der Waals surface area contributed by atoms with Crippen molar-refractivity contribution in [2.24, 2.45) is 0 Å². The molecule has 2 heterocycles. The minimum Gasteiger partial charge on any atom is -0.475 e. The first-order valence-electron chi connectivity index (χ1n) is 5.29. The number of aromatic carboxylic acids is 1. The standard InChI is InChI=1S/C8H11N5O5S/c14-6(15)5-10-7(13-12-5)11-8(16)9-4-1-2-19(17,18)3-4/h4H,1-3H2,(H,14,15)(H3,9,10,11,12,13,16)/t4-/m1/s1. The number of H-pyrrole nitrogens is 1. The third kappa shape index (κ3) is 3.40. The van der Waals surface area contributed by atoms with Gasteiger partial charge >= 0.3 is 12.0 Å². The fraction of sp³-hybridized carbons (Fsp3) is 0.500. The van der Waals surface area contributed by atoms with Crippen LogP contribution in [0.3, 0.4) is 0 Å². The lowest BCUT2D eigenvalue weighted by Gasteiger charge is -2.09. The molecule has 10 nitrogen and oxygen atoms in total. The van der Waals surface area contributed by atoms with Crippen molar-refractivity contribution in [1.82, 2.24) is 20.5 Å². The van der Waals surface area contributed by atoms with Crippen LogP contribution in [0.15, 0.2) is 0 Å². The van der Waals surface area contributed by atoms with E-state index in [0.717, 1.165) is 0 Å². The topological polar surface area (TPSA) is 154 Å². The minimum absolute atomic E-state index is 0.0434. The van der Waals surface area contributed by atoms with Gasteiger partial charge in [-0.2, -0.15) is 4.98 Å². The van der Waals surface area contributed by atoms with E-state index in [2.05, 4.69) is 25.8 Å². The van der Waals surface area contributed by atoms with Gasteiger partial charge in [0.15, 0.2) is 9.84 Å². The number of rotatable bonds is 3. The van der Waals surface area contributed by atoms with Crippen molar-refractivity contribution in [1.29, 1.82) is 0 Å². The first-order valence-corrected chi connectivity index (χ1v) is 7.11. The molecule has 0 radical (unpaired) electrons. The second kappa shape index (κ2) is 4.84. The Hall–Kier alpha value is -2.17. The molecule has 104 valence electrons. The molecule has 1 aromatic heterocycles. The first-order chi connectivity index (χ1) is 8.85. The molecule has 0 aromatic carbocycles. The lowest BCUT2D eigenvalue weighted by Crippen LogP contribution is -2.38. The number of hydrogen-bond acceptors (Lipinski definition) is 6. The second-order valence-electron chi connectivity index (χ2n) is 4.01. The highest BCUT2D eigenvalue weighted by Gasteiger charge is 2.29. The molecule has 0 spiro atoms. The highest BCUT2D eigenvalue weighted by Crippen LogP contribution is 2.11. The van der Waals surface area contributed by atoms with Crippen LogP contribution in [-0.4, -0.2) is 58.3 Å². The number of nitrogens with one attached hydrogen (secondary N) is 3. The summed E-state index contributed by atoms with van der Waals surface area (Å²) in [5, 5.41) is 18.8. The predicted octanol–water partition coefficient (Wildman–Crippen LogP) is -1.19. The molecule has 0 unspecified atom stereocenters. The van der Waals surface area contributed by atoms with E-state index >= 15 is 0 Å². The van der Waals surface area contributed by atoms with Crippen molar-refractivity contribution >= 4 is 27.8 Å². The number of sulfone groups is 1. The van der Waals surface area contributed by atoms with Crippen LogP contribution in [0.1, 0.15) is 17.0 Å². The molecule has 19 heavy (non-hydrogen) atoms. The lowest BCUT2D eigenvalue weighted by atomic mass is 10.3. The summed E-state index contributed by atoms with van der Waals surface area (Å²) < 4.78 is 22.4. The zero-order valence-electron chi connectivity index (χ0n) is 9.58. The highest BCUT2D eigenvalue weighted by molar-refractivity contribution is 7.91. The summed E-state index contributed by atoms with van der Waals surface area (Å²) in [6.45, 7) is 0. The maximum absolute atomic E-state index is 11.5. The molecule has 11 heteroatoms. The summed E-state index contributed by atoms with van der Waals surface area (Å²) >= 11 is 0. The van der Waals surface area contributed by atoms with E-state index in [0.29, 0.717) is 6.42 Å². The highest BCUT2D eigenvalue weighted by atomic mass is 32.2. The van der Waals surface area contributed by atoms with Crippen LogP contribution < -0.4 is 10.6 Å². The number of anilines is 1. The Morgan fingerprint density at radius 2 is 2.16 bits per heavy atom. The molecular formula is C8H11N5O5S. The number of amides is 2. The average Bonchev–Trinajstić information content (AvgIpc) is 2.85. The van der Waals surface area contributed by atoms with Crippen LogP contribution in [0, 0.1) is 0 Å². The van der Waals surface area contributed by atoms with Crippen molar-refractivity contribution in [3.05, 3.63) is 5.82 Å². The van der Waals surface area contributed by atoms with E-state index in [1.54, 1.807) is 0 Å². The van der Waals surface area contributed by atoms with Gasteiger partial charge in [-0.3, -0.25) is 10.4 Å². The Balaban J connectivity index is 1.89. The van der Waals surface area contributed by atoms with Crippen LogP contribution in [-0.2, 0) is 9.84 Å². The van der Waals surface area contributed by atoms with Crippen molar-refractivity contribution < 1.29 is 23.1 Å². The summed E-state index contributed by atoms with van der Waals surface area (Å²) in [6.07, 6.45) is 0.351. The van der Waals surface area contributed by atoms with Gasteiger partial charge in [0, 0.05) is 6.04 Å². The number of carboxylic acid groups (broad SMARTS) is 1. The first kappa shape index (κ1) is 13.3. The Kier molecular flexibility index (Phi) is 3.38. The zero-order chi connectivity index (χ0) is 14.0. The van der Waals surface area contributed by atoms with Gasteiger partial charge in [0.2, 0.25) is 5.82 Å². The maximum Gasteiger partial charge on any atom is 0.373 e. The van der Waals surface area contributed by atoms with Crippen LogP contribution in [0.25, 0.3) is 0 Å². The molecule has 0 saturated carbocycles. The van der Waals surface area contributed by atoms with Gasteiger partial charge in [-0.05, 0) is 6.42 Å². The number of carbonyl (C=O) groups excluding carboxylic acids is 1. The fourth-order valence-corrected chi connectivity index (χ4v) is 3.32. The number of nitrogens with zero attached hydrogens (tertiary/aromatic N) is 2. The molecular weight excluding hydrogens is 278 g/mol. The van der Waals surface area contributed by atoms with E-state index in [1.165, 1.54) is 0 Å². The molecule has 0 aliphatic carbocycles.